The van der Waals surface area contributed by atoms with Crippen molar-refractivity contribution in [3.63, 3.8) is 0 Å². The molecule has 0 bridgehead atoms. The van der Waals surface area contributed by atoms with Crippen LogP contribution in [0.25, 0.3) is 22.8 Å². The smallest absolute Gasteiger partial charge is 0.260 e. The minimum absolute atomic E-state index is 0.0262. The van der Waals surface area contributed by atoms with Gasteiger partial charge in [-0.15, -0.1) is 0 Å². The van der Waals surface area contributed by atoms with Crippen molar-refractivity contribution < 1.29 is 13.3 Å². The summed E-state index contributed by atoms with van der Waals surface area (Å²) in [6.45, 7) is 0. The number of rotatable bonds is 2. The second kappa shape index (κ2) is 5.25. The monoisotopic (exact) mass is 351 g/mol. The molecule has 2 N–H and O–H groups in total. The molecule has 0 aliphatic rings. The number of hydrogen-bond acceptors (Lipinski definition) is 4. The summed E-state index contributed by atoms with van der Waals surface area (Å²) in [5.41, 5.74) is 6.56. The van der Waals surface area contributed by atoms with E-state index in [0.29, 0.717) is 5.82 Å². The van der Waals surface area contributed by atoms with Crippen LogP contribution >= 0.6 is 15.9 Å². The van der Waals surface area contributed by atoms with Gasteiger partial charge in [-0.3, -0.25) is 0 Å². The molecule has 3 rings (SSSR count). The molecule has 1 aromatic heterocycles. The zero-order valence-corrected chi connectivity index (χ0v) is 12.1. The maximum atomic E-state index is 13.3. The maximum absolute atomic E-state index is 13.3. The number of benzene rings is 2. The lowest BCUT2D eigenvalue weighted by atomic mass is 10.1. The van der Waals surface area contributed by atoms with Crippen molar-refractivity contribution in [1.29, 1.82) is 0 Å². The van der Waals surface area contributed by atoms with E-state index >= 15 is 0 Å². The van der Waals surface area contributed by atoms with E-state index in [-0.39, 0.29) is 17.1 Å². The Labute approximate surface area is 126 Å². The highest BCUT2D eigenvalue weighted by Gasteiger charge is 2.16. The van der Waals surface area contributed by atoms with E-state index < -0.39 is 11.6 Å². The first kappa shape index (κ1) is 13.7. The van der Waals surface area contributed by atoms with E-state index in [2.05, 4.69) is 26.1 Å². The summed E-state index contributed by atoms with van der Waals surface area (Å²) < 4.78 is 32.3. The molecular weight excluding hydrogens is 344 g/mol. The Kier molecular flexibility index (Phi) is 3.42. The lowest BCUT2D eigenvalue weighted by Crippen LogP contribution is -1.94. The fraction of sp³-hybridized carbons (Fsp3) is 0. The predicted octanol–water partition coefficient (Wildman–Crippen LogP) is 4.03. The van der Waals surface area contributed by atoms with Crippen LogP contribution < -0.4 is 5.73 Å². The third-order valence-corrected chi connectivity index (χ3v) is 3.32. The highest BCUT2D eigenvalue weighted by molar-refractivity contribution is 9.10. The van der Waals surface area contributed by atoms with Crippen molar-refractivity contribution in [1.82, 2.24) is 10.1 Å². The molecule has 2 aromatic carbocycles. The van der Waals surface area contributed by atoms with Crippen LogP contribution in [0.4, 0.5) is 14.5 Å². The number of nitrogens with two attached hydrogens (primary N) is 1. The third kappa shape index (κ3) is 2.64. The van der Waals surface area contributed by atoms with Crippen LogP contribution in [-0.2, 0) is 0 Å². The third-order valence-electron chi connectivity index (χ3n) is 2.83. The van der Waals surface area contributed by atoms with Gasteiger partial charge in [-0.05, 0) is 18.2 Å². The predicted molar refractivity (Wildman–Crippen MR) is 77.2 cm³/mol. The molecule has 0 aliphatic heterocycles. The van der Waals surface area contributed by atoms with E-state index in [1.807, 2.05) is 18.2 Å². The van der Waals surface area contributed by atoms with Gasteiger partial charge in [-0.25, -0.2) is 8.78 Å². The zero-order valence-electron chi connectivity index (χ0n) is 10.5. The van der Waals surface area contributed by atoms with Crippen molar-refractivity contribution in [2.24, 2.45) is 0 Å². The Bertz CT molecular complexity index is 820. The largest absolute Gasteiger partial charge is 0.398 e. The molecule has 0 atom stereocenters. The summed E-state index contributed by atoms with van der Waals surface area (Å²) >= 11 is 3.34. The molecule has 0 saturated carbocycles. The summed E-state index contributed by atoms with van der Waals surface area (Å²) in [5, 5.41) is 3.82. The van der Waals surface area contributed by atoms with Crippen LogP contribution in [0.3, 0.4) is 0 Å². The van der Waals surface area contributed by atoms with Gasteiger partial charge in [0.1, 0.15) is 0 Å². The molecule has 21 heavy (non-hydrogen) atoms. The van der Waals surface area contributed by atoms with Crippen LogP contribution in [0.15, 0.2) is 45.4 Å². The lowest BCUT2D eigenvalue weighted by molar-refractivity contribution is 0.431. The molecule has 0 amide bonds. The van der Waals surface area contributed by atoms with Crippen LogP contribution in [0, 0.1) is 11.6 Å². The summed E-state index contributed by atoms with van der Waals surface area (Å²) in [6.07, 6.45) is 0. The highest BCUT2D eigenvalue weighted by Crippen LogP contribution is 2.29. The molecule has 3 aromatic rings. The number of anilines is 1. The first-order chi connectivity index (χ1) is 10.0. The van der Waals surface area contributed by atoms with Crippen LogP contribution in [0.2, 0.25) is 0 Å². The Morgan fingerprint density at radius 2 is 1.86 bits per heavy atom. The van der Waals surface area contributed by atoms with E-state index in [1.54, 1.807) is 6.07 Å². The van der Waals surface area contributed by atoms with Gasteiger partial charge in [0, 0.05) is 21.8 Å². The van der Waals surface area contributed by atoms with E-state index in [9.17, 15) is 8.78 Å². The molecule has 0 aliphatic carbocycles. The van der Waals surface area contributed by atoms with Gasteiger partial charge in [-0.1, -0.05) is 33.2 Å². The van der Waals surface area contributed by atoms with Gasteiger partial charge in [0.2, 0.25) is 5.82 Å². The van der Waals surface area contributed by atoms with Crippen molar-refractivity contribution >= 4 is 21.6 Å². The zero-order chi connectivity index (χ0) is 15.0. The molecule has 0 unspecified atom stereocenters. The first-order valence-electron chi connectivity index (χ1n) is 5.89. The Balaban J connectivity index is 2.05. The van der Waals surface area contributed by atoms with Gasteiger partial charge in [0.05, 0.1) is 5.56 Å². The fourth-order valence-corrected chi connectivity index (χ4v) is 2.22. The second-order valence-electron chi connectivity index (χ2n) is 4.29. The van der Waals surface area contributed by atoms with Gasteiger partial charge >= 0.3 is 0 Å². The number of halogens is 3. The molecule has 1 heterocycles. The molecular formula is C14H8BrF2N3O. The van der Waals surface area contributed by atoms with E-state index in [1.165, 1.54) is 0 Å². The molecule has 0 fully saturated rings. The lowest BCUT2D eigenvalue weighted by Gasteiger charge is -2.01. The molecule has 0 saturated heterocycles. The average Bonchev–Trinajstić information content (AvgIpc) is 2.92. The molecule has 0 radical (unpaired) electrons. The van der Waals surface area contributed by atoms with Crippen molar-refractivity contribution in [2.75, 3.05) is 5.73 Å². The SMILES string of the molecule is Nc1cc(F)c(F)cc1-c1nc(-c2cccc(Br)c2)no1. The van der Waals surface area contributed by atoms with Crippen LogP contribution in [0.1, 0.15) is 0 Å². The maximum Gasteiger partial charge on any atom is 0.260 e. The standard InChI is InChI=1S/C14H8BrF2N3O/c15-8-3-1-2-7(4-8)13-19-14(21-20-13)9-5-10(16)11(17)6-12(9)18/h1-6H,18H2. The van der Waals surface area contributed by atoms with Gasteiger partial charge in [-0.2, -0.15) is 4.98 Å². The minimum Gasteiger partial charge on any atom is -0.398 e. The first-order valence-corrected chi connectivity index (χ1v) is 6.68. The average molecular weight is 352 g/mol. The van der Waals surface area contributed by atoms with E-state index in [0.717, 1.165) is 22.2 Å². The van der Waals surface area contributed by atoms with Crippen molar-refractivity contribution in [3.8, 4) is 22.8 Å². The van der Waals surface area contributed by atoms with Gasteiger partial charge in [0.25, 0.3) is 5.89 Å². The molecule has 7 heteroatoms. The summed E-state index contributed by atoms with van der Waals surface area (Å²) in [4.78, 5) is 4.16. The number of nitrogen functional groups attached to an aromatic ring is 1. The minimum atomic E-state index is -1.03. The normalized spacial score (nSPS) is 10.8. The van der Waals surface area contributed by atoms with Crippen molar-refractivity contribution in [2.45, 2.75) is 0 Å². The molecule has 106 valence electrons. The Morgan fingerprint density at radius 1 is 1.10 bits per heavy atom. The topological polar surface area (TPSA) is 64.9 Å². The fourth-order valence-electron chi connectivity index (χ4n) is 1.83. The highest BCUT2D eigenvalue weighted by atomic mass is 79.9. The Morgan fingerprint density at radius 3 is 2.62 bits per heavy atom. The van der Waals surface area contributed by atoms with Gasteiger partial charge < -0.3 is 10.3 Å². The summed E-state index contributed by atoms with van der Waals surface area (Å²) in [7, 11) is 0. The second-order valence-corrected chi connectivity index (χ2v) is 5.20. The van der Waals surface area contributed by atoms with Crippen molar-refractivity contribution in [3.05, 3.63) is 52.5 Å². The van der Waals surface area contributed by atoms with Gasteiger partial charge in [0.15, 0.2) is 11.6 Å². The molecule has 0 spiro atoms. The molecule has 4 nitrogen and oxygen atoms in total. The van der Waals surface area contributed by atoms with Crippen LogP contribution in [-0.4, -0.2) is 10.1 Å². The van der Waals surface area contributed by atoms with E-state index in [4.69, 9.17) is 10.3 Å². The number of nitrogens with zero attached hydrogens (tertiary/aromatic N) is 2. The number of aromatic nitrogens is 2. The summed E-state index contributed by atoms with van der Waals surface area (Å²) in [6, 6.07) is 9.10. The number of hydrogen-bond donors (Lipinski definition) is 1. The van der Waals surface area contributed by atoms with Crippen LogP contribution in [0.5, 0.6) is 0 Å². The Hall–Kier alpha value is -2.28. The summed E-state index contributed by atoms with van der Waals surface area (Å²) in [5.74, 6) is -1.69. The quantitative estimate of drug-likeness (QED) is 0.708.